The number of amides is 2. The zero-order valence-electron chi connectivity index (χ0n) is 20.7. The molecule has 3 N–H and O–H groups in total. The van der Waals surface area contributed by atoms with E-state index in [0.29, 0.717) is 22.3 Å². The molecule has 4 rings (SSSR count). The number of hydrogen-bond donors (Lipinski definition) is 3. The lowest BCUT2D eigenvalue weighted by atomic mass is 9.76. The average molecular weight is 496 g/mol. The number of hydrogen-bond acceptors (Lipinski definition) is 7. The van der Waals surface area contributed by atoms with Gasteiger partial charge in [0.15, 0.2) is 0 Å². The van der Waals surface area contributed by atoms with Crippen molar-refractivity contribution in [3.63, 3.8) is 0 Å². The van der Waals surface area contributed by atoms with E-state index in [0.717, 1.165) is 4.90 Å². The number of aliphatic carboxylic acids is 1. The molecule has 0 radical (unpaired) electrons. The SMILES string of the molecule is Cc1cc(C2NC(Cc3ccc([N+](=O)[O-])cc3)(C(=O)O)C3C(=O)N(C(C)(C)C)C(=O)C23)cc(C)c1O. The molecule has 0 saturated carbocycles. The van der Waals surface area contributed by atoms with E-state index in [4.69, 9.17) is 0 Å². The molecule has 0 bridgehead atoms. The number of carbonyl (C=O) groups is 3. The molecule has 2 fully saturated rings. The molecule has 2 amide bonds. The van der Waals surface area contributed by atoms with Crippen LogP contribution < -0.4 is 5.32 Å². The Bertz CT molecular complexity index is 1260. The van der Waals surface area contributed by atoms with Gasteiger partial charge in [0.25, 0.3) is 5.69 Å². The van der Waals surface area contributed by atoms with Gasteiger partial charge in [-0.25, -0.2) is 0 Å². The van der Waals surface area contributed by atoms with Crippen molar-refractivity contribution in [1.29, 1.82) is 0 Å². The van der Waals surface area contributed by atoms with Crippen LogP contribution in [0.1, 0.15) is 49.1 Å². The van der Waals surface area contributed by atoms with E-state index in [1.807, 2.05) is 0 Å². The number of aryl methyl sites for hydroxylation is 2. The van der Waals surface area contributed by atoms with Crippen molar-refractivity contribution in [2.45, 2.75) is 58.2 Å². The maximum atomic E-state index is 13.7. The summed E-state index contributed by atoms with van der Waals surface area (Å²) < 4.78 is 0. The third-order valence-electron chi connectivity index (χ3n) is 7.21. The number of carboxylic acids is 1. The van der Waals surface area contributed by atoms with Crippen LogP contribution in [0.5, 0.6) is 5.75 Å². The quantitative estimate of drug-likeness (QED) is 0.325. The summed E-state index contributed by atoms with van der Waals surface area (Å²) in [7, 11) is 0. The fourth-order valence-corrected chi connectivity index (χ4v) is 5.61. The molecular weight excluding hydrogens is 466 g/mol. The molecule has 4 unspecified atom stereocenters. The van der Waals surface area contributed by atoms with Crippen molar-refractivity contribution < 1.29 is 29.5 Å². The number of rotatable bonds is 5. The third-order valence-corrected chi connectivity index (χ3v) is 7.21. The number of nitrogens with one attached hydrogen (secondary N) is 1. The topological polar surface area (TPSA) is 150 Å². The Kier molecular flexibility index (Phi) is 5.91. The smallest absolute Gasteiger partial charge is 0.325 e. The number of carboxylic acid groups (broad SMARTS) is 1. The van der Waals surface area contributed by atoms with Gasteiger partial charge >= 0.3 is 5.97 Å². The number of likely N-dealkylation sites (tertiary alicyclic amines) is 1. The lowest BCUT2D eigenvalue weighted by molar-refractivity contribution is -0.384. The second-order valence-electron chi connectivity index (χ2n) is 10.7. The van der Waals surface area contributed by atoms with Crippen LogP contribution in [0.3, 0.4) is 0 Å². The van der Waals surface area contributed by atoms with Crippen LogP contribution in [0.15, 0.2) is 36.4 Å². The molecule has 0 aliphatic carbocycles. The van der Waals surface area contributed by atoms with Crippen LogP contribution in [0, 0.1) is 35.8 Å². The number of fused-ring (bicyclic) bond motifs is 1. The standard InChI is InChI=1S/C26H29N3O7/c1-13-10-16(11-14(2)21(13)30)20-18-19(23(32)28(22(18)31)25(3,4)5)26(27-20,24(33)34)12-15-6-8-17(9-7-15)29(35)36/h6-11,18-20,27,30H,12H2,1-5H3,(H,33,34). The maximum Gasteiger partial charge on any atom is 0.325 e. The number of nitro benzene ring substituents is 1. The van der Waals surface area contributed by atoms with E-state index in [1.165, 1.54) is 24.3 Å². The summed E-state index contributed by atoms with van der Waals surface area (Å²) in [5.41, 5.74) is -0.630. The lowest BCUT2D eigenvalue weighted by Crippen LogP contribution is -2.58. The van der Waals surface area contributed by atoms with E-state index in [1.54, 1.807) is 46.8 Å². The van der Waals surface area contributed by atoms with Gasteiger partial charge in [0.2, 0.25) is 11.8 Å². The van der Waals surface area contributed by atoms with Crippen LogP contribution >= 0.6 is 0 Å². The van der Waals surface area contributed by atoms with Crippen LogP contribution in [-0.4, -0.2) is 48.9 Å². The normalized spacial score (nSPS) is 25.8. The number of aromatic hydroxyl groups is 1. The van der Waals surface area contributed by atoms with E-state index >= 15 is 0 Å². The van der Waals surface area contributed by atoms with Gasteiger partial charge in [0.1, 0.15) is 11.3 Å². The Morgan fingerprint density at radius 2 is 1.67 bits per heavy atom. The van der Waals surface area contributed by atoms with Gasteiger partial charge in [-0.3, -0.25) is 34.7 Å². The molecule has 2 aromatic rings. The second-order valence-corrected chi connectivity index (χ2v) is 10.7. The Morgan fingerprint density at radius 1 is 1.11 bits per heavy atom. The number of carbonyl (C=O) groups excluding carboxylic acids is 2. The van der Waals surface area contributed by atoms with Crippen molar-refractivity contribution >= 4 is 23.5 Å². The first-order valence-corrected chi connectivity index (χ1v) is 11.6. The highest BCUT2D eigenvalue weighted by atomic mass is 16.6. The molecule has 2 aromatic carbocycles. The molecule has 2 heterocycles. The molecular formula is C26H29N3O7. The van der Waals surface area contributed by atoms with Gasteiger partial charge in [0, 0.05) is 30.1 Å². The second kappa shape index (κ2) is 8.41. The highest BCUT2D eigenvalue weighted by Gasteiger charge is 2.69. The molecule has 10 heteroatoms. The van der Waals surface area contributed by atoms with Gasteiger partial charge in [0.05, 0.1) is 16.8 Å². The molecule has 10 nitrogen and oxygen atoms in total. The predicted octanol–water partition coefficient (Wildman–Crippen LogP) is 3.03. The van der Waals surface area contributed by atoms with Crippen molar-refractivity contribution in [1.82, 2.24) is 10.2 Å². The summed E-state index contributed by atoms with van der Waals surface area (Å²) in [6, 6.07) is 8.08. The minimum Gasteiger partial charge on any atom is -0.507 e. The molecule has 2 aliphatic rings. The number of phenolic OH excluding ortho intramolecular Hbond substituents is 1. The number of nitro groups is 1. The van der Waals surface area contributed by atoms with Crippen molar-refractivity contribution in [3.8, 4) is 5.75 Å². The summed E-state index contributed by atoms with van der Waals surface area (Å²) in [5, 5.41) is 35.0. The van der Waals surface area contributed by atoms with Crippen LogP contribution in [-0.2, 0) is 20.8 Å². The molecule has 36 heavy (non-hydrogen) atoms. The summed E-state index contributed by atoms with van der Waals surface area (Å²) in [6.45, 7) is 8.59. The van der Waals surface area contributed by atoms with Crippen LogP contribution in [0.25, 0.3) is 0 Å². The largest absolute Gasteiger partial charge is 0.507 e. The lowest BCUT2D eigenvalue weighted by Gasteiger charge is -2.35. The first-order valence-electron chi connectivity index (χ1n) is 11.6. The molecule has 190 valence electrons. The first kappa shape index (κ1) is 25.3. The molecule has 2 aliphatic heterocycles. The molecule has 2 saturated heterocycles. The minimum atomic E-state index is -1.84. The van der Waals surface area contributed by atoms with E-state index in [-0.39, 0.29) is 17.9 Å². The van der Waals surface area contributed by atoms with E-state index in [2.05, 4.69) is 5.32 Å². The average Bonchev–Trinajstić information content (AvgIpc) is 3.26. The minimum absolute atomic E-state index is 0.105. The predicted molar refractivity (Wildman–Crippen MR) is 129 cm³/mol. The maximum absolute atomic E-state index is 13.7. The highest BCUT2D eigenvalue weighted by Crippen LogP contribution is 2.51. The van der Waals surface area contributed by atoms with E-state index in [9.17, 15) is 34.7 Å². The zero-order chi connectivity index (χ0) is 26.7. The van der Waals surface area contributed by atoms with Gasteiger partial charge in [-0.2, -0.15) is 0 Å². The number of phenols is 1. The van der Waals surface area contributed by atoms with Crippen molar-refractivity contribution in [2.75, 3.05) is 0 Å². The van der Waals surface area contributed by atoms with Crippen molar-refractivity contribution in [3.05, 3.63) is 68.8 Å². The highest BCUT2D eigenvalue weighted by molar-refractivity contribution is 6.10. The number of non-ortho nitro benzene ring substituents is 1. The number of imide groups is 1. The first-order chi connectivity index (χ1) is 16.7. The van der Waals surface area contributed by atoms with Gasteiger partial charge in [-0.05, 0) is 56.9 Å². The summed E-state index contributed by atoms with van der Waals surface area (Å²) >= 11 is 0. The van der Waals surface area contributed by atoms with Gasteiger partial charge in [-0.15, -0.1) is 0 Å². The Labute approximate surface area is 208 Å². The number of nitrogens with zero attached hydrogens (tertiary/aromatic N) is 2. The summed E-state index contributed by atoms with van der Waals surface area (Å²) in [5.74, 6) is -4.38. The van der Waals surface area contributed by atoms with Crippen LogP contribution in [0.4, 0.5) is 5.69 Å². The summed E-state index contributed by atoms with van der Waals surface area (Å²) in [4.78, 5) is 52.0. The van der Waals surface area contributed by atoms with Crippen LogP contribution in [0.2, 0.25) is 0 Å². The molecule has 0 aromatic heterocycles. The molecule has 4 atom stereocenters. The molecule has 0 spiro atoms. The Morgan fingerprint density at radius 3 is 2.14 bits per heavy atom. The Balaban J connectivity index is 1.88. The van der Waals surface area contributed by atoms with Crippen molar-refractivity contribution in [2.24, 2.45) is 11.8 Å². The fraction of sp³-hybridized carbons (Fsp3) is 0.423. The monoisotopic (exact) mass is 495 g/mol. The van der Waals surface area contributed by atoms with Gasteiger partial charge in [-0.1, -0.05) is 24.3 Å². The van der Waals surface area contributed by atoms with Gasteiger partial charge < -0.3 is 10.2 Å². The summed E-state index contributed by atoms with van der Waals surface area (Å²) in [6.07, 6.45) is -0.162. The third kappa shape index (κ3) is 3.81. The fourth-order valence-electron chi connectivity index (χ4n) is 5.61. The van der Waals surface area contributed by atoms with E-state index < -0.39 is 51.7 Å². The Hall–Kier alpha value is -3.79. The zero-order valence-corrected chi connectivity index (χ0v) is 20.7. The number of benzene rings is 2.